The Hall–Kier alpha value is -1.06. The van der Waals surface area contributed by atoms with Crippen molar-refractivity contribution in [2.75, 3.05) is 18.0 Å². The fourth-order valence-electron chi connectivity index (χ4n) is 2.56. The minimum atomic E-state index is 0.219. The molecule has 3 nitrogen and oxygen atoms in total. The SMILES string of the molecule is CCCC(=O)N(c1ccc(Cl)cc1)C1CCNCC1. The third-order valence-electron chi connectivity index (χ3n) is 3.51. The second-order valence-electron chi connectivity index (χ2n) is 4.97. The van der Waals surface area contributed by atoms with Crippen molar-refractivity contribution in [3.8, 4) is 0 Å². The Balaban J connectivity index is 2.22. The lowest BCUT2D eigenvalue weighted by molar-refractivity contribution is -0.119. The average Bonchev–Trinajstić information content (AvgIpc) is 2.43. The standard InChI is InChI=1S/C15H21ClN2O/c1-2-3-15(19)18(14-8-10-17-11-9-14)13-6-4-12(16)5-7-13/h4-7,14,17H,2-3,8-11H2,1H3. The molecule has 1 aliphatic heterocycles. The van der Waals surface area contributed by atoms with Gasteiger partial charge in [0, 0.05) is 23.2 Å². The Morgan fingerprint density at radius 2 is 1.95 bits per heavy atom. The zero-order chi connectivity index (χ0) is 13.7. The first-order valence-electron chi connectivity index (χ1n) is 7.00. The van der Waals surface area contributed by atoms with Crippen LogP contribution in [0.4, 0.5) is 5.69 Å². The zero-order valence-corrected chi connectivity index (χ0v) is 12.1. The molecular weight excluding hydrogens is 260 g/mol. The normalized spacial score (nSPS) is 16.3. The van der Waals surface area contributed by atoms with Crippen LogP contribution in [0, 0.1) is 0 Å². The van der Waals surface area contributed by atoms with Crippen molar-refractivity contribution >= 4 is 23.2 Å². The van der Waals surface area contributed by atoms with Gasteiger partial charge in [-0.05, 0) is 56.6 Å². The number of carbonyl (C=O) groups excluding carboxylic acids is 1. The number of anilines is 1. The van der Waals surface area contributed by atoms with Crippen LogP contribution in [0.2, 0.25) is 5.02 Å². The van der Waals surface area contributed by atoms with Crippen LogP contribution in [0.25, 0.3) is 0 Å². The van der Waals surface area contributed by atoms with Crippen LogP contribution in [-0.2, 0) is 4.79 Å². The van der Waals surface area contributed by atoms with Crippen molar-refractivity contribution in [3.05, 3.63) is 29.3 Å². The molecule has 0 unspecified atom stereocenters. The minimum Gasteiger partial charge on any atom is -0.317 e. The highest BCUT2D eigenvalue weighted by molar-refractivity contribution is 6.30. The summed E-state index contributed by atoms with van der Waals surface area (Å²) in [6.45, 7) is 4.00. The summed E-state index contributed by atoms with van der Waals surface area (Å²) < 4.78 is 0. The monoisotopic (exact) mass is 280 g/mol. The van der Waals surface area contributed by atoms with Gasteiger partial charge in [-0.3, -0.25) is 4.79 Å². The number of benzene rings is 1. The van der Waals surface area contributed by atoms with Gasteiger partial charge in [-0.1, -0.05) is 18.5 Å². The van der Waals surface area contributed by atoms with Gasteiger partial charge in [0.15, 0.2) is 0 Å². The van der Waals surface area contributed by atoms with E-state index in [1.165, 1.54) is 0 Å². The summed E-state index contributed by atoms with van der Waals surface area (Å²) in [4.78, 5) is 14.4. The highest BCUT2D eigenvalue weighted by Gasteiger charge is 2.25. The molecule has 104 valence electrons. The fraction of sp³-hybridized carbons (Fsp3) is 0.533. The molecule has 1 fully saturated rings. The van der Waals surface area contributed by atoms with Crippen LogP contribution >= 0.6 is 11.6 Å². The van der Waals surface area contributed by atoms with Crippen molar-refractivity contribution in [2.24, 2.45) is 0 Å². The molecule has 1 heterocycles. The lowest BCUT2D eigenvalue weighted by Crippen LogP contribution is -2.46. The van der Waals surface area contributed by atoms with Gasteiger partial charge in [-0.15, -0.1) is 0 Å². The van der Waals surface area contributed by atoms with Gasteiger partial charge < -0.3 is 10.2 Å². The van der Waals surface area contributed by atoms with Crippen LogP contribution in [0.15, 0.2) is 24.3 Å². The van der Waals surface area contributed by atoms with Crippen molar-refractivity contribution in [3.63, 3.8) is 0 Å². The third-order valence-corrected chi connectivity index (χ3v) is 3.76. The Labute approximate surface area is 119 Å². The van der Waals surface area contributed by atoms with Crippen LogP contribution in [0.5, 0.6) is 0 Å². The fourth-order valence-corrected chi connectivity index (χ4v) is 2.69. The van der Waals surface area contributed by atoms with E-state index in [1.807, 2.05) is 36.1 Å². The molecule has 1 N–H and O–H groups in total. The lowest BCUT2D eigenvalue weighted by atomic mass is 10.0. The number of halogens is 1. The topological polar surface area (TPSA) is 32.3 Å². The second-order valence-corrected chi connectivity index (χ2v) is 5.41. The number of hydrogen-bond donors (Lipinski definition) is 1. The number of amides is 1. The molecule has 0 bridgehead atoms. The van der Waals surface area contributed by atoms with Crippen LogP contribution < -0.4 is 10.2 Å². The smallest absolute Gasteiger partial charge is 0.227 e. The molecule has 1 amide bonds. The van der Waals surface area contributed by atoms with Gasteiger partial charge in [0.25, 0.3) is 0 Å². The van der Waals surface area contributed by atoms with E-state index in [2.05, 4.69) is 5.32 Å². The summed E-state index contributed by atoms with van der Waals surface area (Å²) in [5.74, 6) is 0.219. The van der Waals surface area contributed by atoms with E-state index in [9.17, 15) is 4.79 Å². The summed E-state index contributed by atoms with van der Waals surface area (Å²) in [7, 11) is 0. The zero-order valence-electron chi connectivity index (χ0n) is 11.4. The molecule has 1 saturated heterocycles. The summed E-state index contributed by atoms with van der Waals surface area (Å²) in [5, 5.41) is 4.05. The van der Waals surface area contributed by atoms with Gasteiger partial charge >= 0.3 is 0 Å². The highest BCUT2D eigenvalue weighted by atomic mass is 35.5. The molecule has 0 saturated carbocycles. The quantitative estimate of drug-likeness (QED) is 0.918. The van der Waals surface area contributed by atoms with E-state index in [1.54, 1.807) is 0 Å². The summed E-state index contributed by atoms with van der Waals surface area (Å²) >= 11 is 5.93. The molecule has 0 radical (unpaired) electrons. The molecule has 1 aromatic rings. The third kappa shape index (κ3) is 3.71. The Bertz CT molecular complexity index is 413. The summed E-state index contributed by atoms with van der Waals surface area (Å²) in [5.41, 5.74) is 0.967. The maximum atomic E-state index is 12.4. The molecule has 1 aromatic carbocycles. The van der Waals surface area contributed by atoms with Crippen LogP contribution in [0.3, 0.4) is 0 Å². The largest absolute Gasteiger partial charge is 0.317 e. The first-order valence-corrected chi connectivity index (χ1v) is 7.38. The molecular formula is C15H21ClN2O. The van der Waals surface area contributed by atoms with E-state index in [0.29, 0.717) is 17.5 Å². The average molecular weight is 281 g/mol. The van der Waals surface area contributed by atoms with Gasteiger partial charge in [-0.2, -0.15) is 0 Å². The second kappa shape index (κ2) is 6.92. The Morgan fingerprint density at radius 3 is 2.53 bits per heavy atom. The van der Waals surface area contributed by atoms with Crippen molar-refractivity contribution < 1.29 is 4.79 Å². The number of carbonyl (C=O) groups is 1. The number of rotatable bonds is 4. The van der Waals surface area contributed by atoms with E-state index < -0.39 is 0 Å². The summed E-state index contributed by atoms with van der Waals surface area (Å²) in [6.07, 6.45) is 3.51. The number of nitrogens with one attached hydrogen (secondary N) is 1. The molecule has 4 heteroatoms. The van der Waals surface area contributed by atoms with E-state index >= 15 is 0 Å². The molecule has 0 atom stereocenters. The molecule has 19 heavy (non-hydrogen) atoms. The molecule has 2 rings (SSSR count). The number of piperidine rings is 1. The van der Waals surface area contributed by atoms with Crippen molar-refractivity contribution in [1.29, 1.82) is 0 Å². The first kappa shape index (κ1) is 14.4. The van der Waals surface area contributed by atoms with E-state index in [4.69, 9.17) is 11.6 Å². The minimum absolute atomic E-state index is 0.219. The first-order chi connectivity index (χ1) is 9.22. The lowest BCUT2D eigenvalue weighted by Gasteiger charge is -2.35. The predicted molar refractivity (Wildman–Crippen MR) is 79.7 cm³/mol. The van der Waals surface area contributed by atoms with Gasteiger partial charge in [0.2, 0.25) is 5.91 Å². The highest BCUT2D eigenvalue weighted by Crippen LogP contribution is 2.24. The van der Waals surface area contributed by atoms with Crippen molar-refractivity contribution in [1.82, 2.24) is 5.32 Å². The Kier molecular flexibility index (Phi) is 5.23. The number of hydrogen-bond acceptors (Lipinski definition) is 2. The molecule has 1 aliphatic rings. The predicted octanol–water partition coefficient (Wildman–Crippen LogP) is 3.23. The van der Waals surface area contributed by atoms with Crippen LogP contribution in [0.1, 0.15) is 32.6 Å². The van der Waals surface area contributed by atoms with E-state index in [0.717, 1.165) is 38.0 Å². The van der Waals surface area contributed by atoms with Gasteiger partial charge in [0.05, 0.1) is 0 Å². The summed E-state index contributed by atoms with van der Waals surface area (Å²) in [6, 6.07) is 7.89. The molecule has 0 spiro atoms. The molecule has 0 aromatic heterocycles. The molecule has 0 aliphatic carbocycles. The maximum Gasteiger partial charge on any atom is 0.227 e. The van der Waals surface area contributed by atoms with Gasteiger partial charge in [0.1, 0.15) is 0 Å². The maximum absolute atomic E-state index is 12.4. The van der Waals surface area contributed by atoms with E-state index in [-0.39, 0.29) is 5.91 Å². The van der Waals surface area contributed by atoms with Crippen LogP contribution in [-0.4, -0.2) is 25.0 Å². The van der Waals surface area contributed by atoms with Crippen molar-refractivity contribution in [2.45, 2.75) is 38.6 Å². The number of nitrogens with zero attached hydrogens (tertiary/aromatic N) is 1. The van der Waals surface area contributed by atoms with Gasteiger partial charge in [-0.25, -0.2) is 0 Å². The Morgan fingerprint density at radius 1 is 1.32 bits per heavy atom.